The highest BCUT2D eigenvalue weighted by Crippen LogP contribution is 2.27. The van der Waals surface area contributed by atoms with Crippen LogP contribution in [0.5, 0.6) is 0 Å². The molecule has 0 radical (unpaired) electrons. The molecule has 1 aliphatic rings. The van der Waals surface area contributed by atoms with Gasteiger partial charge in [0.2, 0.25) is 0 Å². The molecule has 1 aromatic heterocycles. The normalized spacial score (nSPS) is 14.5. The van der Waals surface area contributed by atoms with Crippen LogP contribution in [0.4, 0.5) is 0 Å². The van der Waals surface area contributed by atoms with Gasteiger partial charge in [0.25, 0.3) is 0 Å². The van der Waals surface area contributed by atoms with Gasteiger partial charge >= 0.3 is 0 Å². The second-order valence-electron chi connectivity index (χ2n) is 6.92. The minimum Gasteiger partial charge on any atom is -0.392 e. The quantitative estimate of drug-likeness (QED) is 0.479. The monoisotopic (exact) mass is 345 g/mol. The summed E-state index contributed by atoms with van der Waals surface area (Å²) in [6, 6.07) is 16.6. The summed E-state index contributed by atoms with van der Waals surface area (Å²) in [6.45, 7) is 4.21. The van der Waals surface area contributed by atoms with Crippen LogP contribution in [0.25, 0.3) is 16.9 Å². The first-order chi connectivity index (χ1) is 12.7. The van der Waals surface area contributed by atoms with Crippen LogP contribution in [-0.2, 0) is 4.84 Å². The minimum atomic E-state index is 0.277. The second kappa shape index (κ2) is 7.16. The average molecular weight is 345 g/mol. The molecule has 132 valence electrons. The first kappa shape index (κ1) is 16.6. The number of nitrogens with zero attached hydrogens (tertiary/aromatic N) is 3. The Labute approximate surface area is 154 Å². The van der Waals surface area contributed by atoms with Crippen molar-refractivity contribution < 1.29 is 4.84 Å². The van der Waals surface area contributed by atoms with Gasteiger partial charge in [0.05, 0.1) is 11.9 Å². The predicted octanol–water partition coefficient (Wildman–Crippen LogP) is 5.06. The summed E-state index contributed by atoms with van der Waals surface area (Å²) in [4.78, 5) is 5.57. The van der Waals surface area contributed by atoms with Crippen LogP contribution >= 0.6 is 0 Å². The second-order valence-corrected chi connectivity index (χ2v) is 6.92. The Morgan fingerprint density at radius 3 is 2.65 bits per heavy atom. The third-order valence-electron chi connectivity index (χ3n) is 4.87. The van der Waals surface area contributed by atoms with Crippen molar-refractivity contribution in [3.63, 3.8) is 0 Å². The van der Waals surface area contributed by atoms with E-state index in [2.05, 4.69) is 37.2 Å². The fourth-order valence-electron chi connectivity index (χ4n) is 3.04. The van der Waals surface area contributed by atoms with E-state index in [0.717, 1.165) is 35.3 Å². The van der Waals surface area contributed by atoms with Crippen molar-refractivity contribution in [1.29, 1.82) is 0 Å². The van der Waals surface area contributed by atoms with E-state index in [4.69, 9.17) is 9.94 Å². The van der Waals surface area contributed by atoms with Crippen molar-refractivity contribution in [2.75, 3.05) is 0 Å². The van der Waals surface area contributed by atoms with Crippen molar-refractivity contribution in [2.45, 2.75) is 39.2 Å². The maximum absolute atomic E-state index is 5.57. The summed E-state index contributed by atoms with van der Waals surface area (Å²) in [5.74, 6) is 0. The maximum atomic E-state index is 5.57. The van der Waals surface area contributed by atoms with Gasteiger partial charge in [-0.25, -0.2) is 4.68 Å². The van der Waals surface area contributed by atoms with Crippen LogP contribution < -0.4 is 0 Å². The number of aromatic nitrogens is 2. The molecule has 0 bridgehead atoms. The molecule has 0 atom stereocenters. The molecule has 0 saturated heterocycles. The fraction of sp³-hybridized carbons (Fsp3) is 0.273. The molecular weight excluding hydrogens is 322 g/mol. The Bertz CT molecular complexity index is 924. The summed E-state index contributed by atoms with van der Waals surface area (Å²) >= 11 is 0. The van der Waals surface area contributed by atoms with Gasteiger partial charge in [0.15, 0.2) is 0 Å². The number of hydrogen-bond donors (Lipinski definition) is 0. The molecule has 4 heteroatoms. The third kappa shape index (κ3) is 3.40. The molecule has 2 aromatic carbocycles. The van der Waals surface area contributed by atoms with Gasteiger partial charge in [-0.2, -0.15) is 5.10 Å². The van der Waals surface area contributed by atoms with Crippen LogP contribution in [0, 0.1) is 13.8 Å². The maximum Gasteiger partial charge on any atom is 0.127 e. The third-order valence-corrected chi connectivity index (χ3v) is 4.87. The Morgan fingerprint density at radius 2 is 1.92 bits per heavy atom. The topological polar surface area (TPSA) is 39.4 Å². The summed E-state index contributed by atoms with van der Waals surface area (Å²) < 4.78 is 1.90. The number of aryl methyl sites for hydroxylation is 2. The van der Waals surface area contributed by atoms with E-state index in [-0.39, 0.29) is 6.10 Å². The van der Waals surface area contributed by atoms with E-state index in [1.165, 1.54) is 17.5 Å². The summed E-state index contributed by atoms with van der Waals surface area (Å²) in [7, 11) is 0. The molecule has 26 heavy (non-hydrogen) atoms. The van der Waals surface area contributed by atoms with Crippen LogP contribution in [0.15, 0.2) is 59.9 Å². The highest BCUT2D eigenvalue weighted by molar-refractivity contribution is 5.89. The lowest BCUT2D eigenvalue weighted by atomic mass is 9.97. The van der Waals surface area contributed by atoms with E-state index in [9.17, 15) is 0 Å². The molecule has 0 amide bonds. The standard InChI is InChI=1S/C22H23N3O/c1-16-11-12-17(2)21(13-16)22-18(14-23-26-20-9-6-10-20)15-25(24-22)19-7-4-3-5-8-19/h3-5,7-8,11-15,20H,6,9-10H2,1-2H3/b23-14-. The van der Waals surface area contributed by atoms with Crippen molar-refractivity contribution in [1.82, 2.24) is 9.78 Å². The lowest BCUT2D eigenvalue weighted by Gasteiger charge is -2.22. The van der Waals surface area contributed by atoms with Gasteiger partial charge in [-0.1, -0.05) is 41.1 Å². The summed E-state index contributed by atoms with van der Waals surface area (Å²) in [6.07, 6.45) is 7.52. The molecule has 4 rings (SSSR count). The molecular formula is C22H23N3O. The van der Waals surface area contributed by atoms with E-state index in [1.54, 1.807) is 6.21 Å². The smallest absolute Gasteiger partial charge is 0.127 e. The van der Waals surface area contributed by atoms with Gasteiger partial charge < -0.3 is 4.84 Å². The largest absolute Gasteiger partial charge is 0.392 e. The summed E-state index contributed by atoms with van der Waals surface area (Å²) in [5.41, 5.74) is 6.46. The highest BCUT2D eigenvalue weighted by Gasteiger charge is 2.19. The first-order valence-corrected chi connectivity index (χ1v) is 9.12. The molecule has 4 nitrogen and oxygen atoms in total. The SMILES string of the molecule is Cc1ccc(C)c(-c2nn(-c3ccccc3)cc2/C=N\OC2CCC2)c1. The molecule has 0 aliphatic heterocycles. The van der Waals surface area contributed by atoms with Crippen molar-refractivity contribution in [3.8, 4) is 16.9 Å². The predicted molar refractivity (Wildman–Crippen MR) is 105 cm³/mol. The van der Waals surface area contributed by atoms with Crippen LogP contribution in [0.3, 0.4) is 0 Å². The molecule has 1 heterocycles. The number of hydrogen-bond acceptors (Lipinski definition) is 3. The first-order valence-electron chi connectivity index (χ1n) is 9.12. The van der Waals surface area contributed by atoms with Crippen LogP contribution in [-0.4, -0.2) is 22.1 Å². The van der Waals surface area contributed by atoms with E-state index in [0.29, 0.717) is 0 Å². The minimum absolute atomic E-state index is 0.277. The average Bonchev–Trinajstić information content (AvgIpc) is 3.04. The van der Waals surface area contributed by atoms with Crippen molar-refractivity contribution >= 4 is 6.21 Å². The lowest BCUT2D eigenvalue weighted by Crippen LogP contribution is -2.18. The van der Waals surface area contributed by atoms with E-state index >= 15 is 0 Å². The fourth-order valence-corrected chi connectivity index (χ4v) is 3.04. The van der Waals surface area contributed by atoms with Gasteiger partial charge in [0, 0.05) is 17.3 Å². The molecule has 1 saturated carbocycles. The number of benzene rings is 2. The number of rotatable bonds is 5. The van der Waals surface area contributed by atoms with Gasteiger partial charge in [0.1, 0.15) is 11.8 Å². The van der Waals surface area contributed by atoms with Gasteiger partial charge in [-0.15, -0.1) is 0 Å². The lowest BCUT2D eigenvalue weighted by molar-refractivity contribution is 0.00700. The Balaban J connectivity index is 1.74. The van der Waals surface area contributed by atoms with Crippen LogP contribution in [0.2, 0.25) is 0 Å². The van der Waals surface area contributed by atoms with Crippen molar-refractivity contribution in [2.24, 2.45) is 5.16 Å². The zero-order valence-corrected chi connectivity index (χ0v) is 15.2. The molecule has 0 unspecified atom stereocenters. The van der Waals surface area contributed by atoms with Crippen molar-refractivity contribution in [3.05, 3.63) is 71.4 Å². The number of oxime groups is 1. The molecule has 0 spiro atoms. The zero-order valence-electron chi connectivity index (χ0n) is 15.2. The molecule has 3 aromatic rings. The molecule has 1 fully saturated rings. The van der Waals surface area contributed by atoms with Crippen LogP contribution in [0.1, 0.15) is 36.0 Å². The Hall–Kier alpha value is -2.88. The van der Waals surface area contributed by atoms with E-state index < -0.39 is 0 Å². The zero-order chi connectivity index (χ0) is 17.9. The number of para-hydroxylation sites is 1. The molecule has 0 N–H and O–H groups in total. The molecule has 1 aliphatic carbocycles. The highest BCUT2D eigenvalue weighted by atomic mass is 16.6. The van der Waals surface area contributed by atoms with Gasteiger partial charge in [-0.05, 0) is 56.9 Å². The van der Waals surface area contributed by atoms with Gasteiger partial charge in [-0.3, -0.25) is 0 Å². The Kier molecular flexibility index (Phi) is 4.57. The summed E-state index contributed by atoms with van der Waals surface area (Å²) in [5, 5.41) is 9.08. The Morgan fingerprint density at radius 1 is 1.12 bits per heavy atom. The van der Waals surface area contributed by atoms with E-state index in [1.807, 2.05) is 41.2 Å².